The highest BCUT2D eigenvalue weighted by Crippen LogP contribution is 2.26. The summed E-state index contributed by atoms with van der Waals surface area (Å²) in [5.41, 5.74) is 1.51. The first-order valence-corrected chi connectivity index (χ1v) is 8.72. The van der Waals surface area contributed by atoms with Crippen molar-refractivity contribution in [3.8, 4) is 0 Å². The number of carbonyl (C=O) groups is 1. The Hall–Kier alpha value is -2.11. The summed E-state index contributed by atoms with van der Waals surface area (Å²) < 4.78 is 13.2. The predicted molar refractivity (Wildman–Crippen MR) is 99.7 cm³/mol. The molecular formula is C19H21ClFN3O. The van der Waals surface area contributed by atoms with Gasteiger partial charge < -0.3 is 10.2 Å². The van der Waals surface area contributed by atoms with Crippen molar-refractivity contribution in [3.63, 3.8) is 0 Å². The first kappa shape index (κ1) is 17.7. The van der Waals surface area contributed by atoms with E-state index in [2.05, 4.69) is 15.1 Å². The zero-order valence-corrected chi connectivity index (χ0v) is 14.8. The first-order valence-electron chi connectivity index (χ1n) is 8.34. The predicted octanol–water partition coefficient (Wildman–Crippen LogP) is 3.63. The fourth-order valence-corrected chi connectivity index (χ4v) is 3.29. The van der Waals surface area contributed by atoms with Crippen molar-refractivity contribution in [2.75, 3.05) is 36.4 Å². The fraction of sp³-hybridized carbons (Fsp3) is 0.316. The lowest BCUT2D eigenvalue weighted by Gasteiger charge is -2.38. The number of hydrogen-bond acceptors (Lipinski definition) is 3. The SMILES string of the molecule is C[C@H](C(=O)Nc1cccc(F)c1)N1CCN(c2ccccc2Cl)CC1. The van der Waals surface area contributed by atoms with Gasteiger partial charge in [0, 0.05) is 31.9 Å². The number of amides is 1. The molecule has 1 fully saturated rings. The summed E-state index contributed by atoms with van der Waals surface area (Å²) in [6, 6.07) is 13.4. The van der Waals surface area contributed by atoms with E-state index in [1.807, 2.05) is 31.2 Å². The largest absolute Gasteiger partial charge is 0.368 e. The highest BCUT2D eigenvalue weighted by Gasteiger charge is 2.26. The monoisotopic (exact) mass is 361 g/mol. The number of benzene rings is 2. The van der Waals surface area contributed by atoms with Crippen LogP contribution in [0.15, 0.2) is 48.5 Å². The summed E-state index contributed by atoms with van der Waals surface area (Å²) in [5.74, 6) is -0.490. The van der Waals surface area contributed by atoms with Crippen molar-refractivity contribution in [2.24, 2.45) is 0 Å². The van der Waals surface area contributed by atoms with Crippen LogP contribution in [0.5, 0.6) is 0 Å². The highest BCUT2D eigenvalue weighted by molar-refractivity contribution is 6.33. The van der Waals surface area contributed by atoms with Crippen LogP contribution in [0.4, 0.5) is 15.8 Å². The van der Waals surface area contributed by atoms with Crippen molar-refractivity contribution in [1.29, 1.82) is 0 Å². The topological polar surface area (TPSA) is 35.6 Å². The zero-order chi connectivity index (χ0) is 17.8. The van der Waals surface area contributed by atoms with Crippen molar-refractivity contribution in [1.82, 2.24) is 4.90 Å². The molecule has 1 aliphatic heterocycles. The van der Waals surface area contributed by atoms with Crippen molar-refractivity contribution in [2.45, 2.75) is 13.0 Å². The minimum atomic E-state index is -0.362. The number of para-hydroxylation sites is 1. The van der Waals surface area contributed by atoms with E-state index in [1.54, 1.807) is 12.1 Å². The van der Waals surface area contributed by atoms with E-state index in [0.717, 1.165) is 36.9 Å². The summed E-state index contributed by atoms with van der Waals surface area (Å²) in [6.45, 7) is 5.02. The molecule has 0 aliphatic carbocycles. The van der Waals surface area contributed by atoms with Crippen LogP contribution in [-0.4, -0.2) is 43.0 Å². The Bertz CT molecular complexity index is 747. The van der Waals surface area contributed by atoms with Crippen LogP contribution in [0.2, 0.25) is 5.02 Å². The average Bonchev–Trinajstić information content (AvgIpc) is 2.62. The maximum atomic E-state index is 13.2. The second kappa shape index (κ2) is 7.85. The molecule has 1 atom stereocenters. The van der Waals surface area contributed by atoms with Gasteiger partial charge in [0.25, 0.3) is 0 Å². The van der Waals surface area contributed by atoms with Crippen LogP contribution in [0, 0.1) is 5.82 Å². The molecule has 3 rings (SSSR count). The second-order valence-electron chi connectivity index (χ2n) is 6.15. The maximum Gasteiger partial charge on any atom is 0.241 e. The van der Waals surface area contributed by atoms with Gasteiger partial charge in [-0.1, -0.05) is 29.8 Å². The van der Waals surface area contributed by atoms with Crippen LogP contribution in [-0.2, 0) is 4.79 Å². The van der Waals surface area contributed by atoms with Crippen molar-refractivity contribution < 1.29 is 9.18 Å². The minimum absolute atomic E-state index is 0.128. The molecule has 0 saturated carbocycles. The van der Waals surface area contributed by atoms with Crippen LogP contribution < -0.4 is 10.2 Å². The van der Waals surface area contributed by atoms with E-state index in [9.17, 15) is 9.18 Å². The lowest BCUT2D eigenvalue weighted by Crippen LogP contribution is -2.52. The van der Waals surface area contributed by atoms with Gasteiger partial charge in [0.15, 0.2) is 0 Å². The zero-order valence-electron chi connectivity index (χ0n) is 14.1. The number of nitrogens with one attached hydrogen (secondary N) is 1. The van der Waals surface area contributed by atoms with Gasteiger partial charge >= 0.3 is 0 Å². The number of piperazine rings is 1. The van der Waals surface area contributed by atoms with Crippen LogP contribution in [0.3, 0.4) is 0 Å². The molecule has 0 unspecified atom stereocenters. The molecule has 1 saturated heterocycles. The van der Waals surface area contributed by atoms with Crippen LogP contribution >= 0.6 is 11.6 Å². The Kier molecular flexibility index (Phi) is 5.56. The third-order valence-electron chi connectivity index (χ3n) is 4.53. The molecule has 0 spiro atoms. The molecule has 2 aromatic carbocycles. The Morgan fingerprint density at radius 1 is 1.12 bits per heavy atom. The molecule has 1 heterocycles. The van der Waals surface area contributed by atoms with E-state index in [1.165, 1.54) is 12.1 Å². The Morgan fingerprint density at radius 3 is 2.52 bits per heavy atom. The maximum absolute atomic E-state index is 13.2. The molecular weight excluding hydrogens is 341 g/mol. The quantitative estimate of drug-likeness (QED) is 0.903. The standard InChI is InChI=1S/C19H21ClFN3O/c1-14(19(25)22-16-6-4-5-15(21)13-16)23-9-11-24(12-10-23)18-8-3-2-7-17(18)20/h2-8,13-14H,9-12H2,1H3,(H,22,25)/t14-/m1/s1. The van der Waals surface area contributed by atoms with Gasteiger partial charge in [-0.3, -0.25) is 9.69 Å². The molecule has 2 aromatic rings. The van der Waals surface area contributed by atoms with E-state index in [-0.39, 0.29) is 17.8 Å². The Morgan fingerprint density at radius 2 is 1.84 bits per heavy atom. The summed E-state index contributed by atoms with van der Waals surface area (Å²) in [6.07, 6.45) is 0. The molecule has 0 aromatic heterocycles. The number of nitrogens with zero attached hydrogens (tertiary/aromatic N) is 2. The molecule has 1 aliphatic rings. The lowest BCUT2D eigenvalue weighted by atomic mass is 10.2. The second-order valence-corrected chi connectivity index (χ2v) is 6.56. The highest BCUT2D eigenvalue weighted by atomic mass is 35.5. The Labute approximate surface area is 152 Å². The van der Waals surface area contributed by atoms with Gasteiger partial charge in [0.1, 0.15) is 5.82 Å². The van der Waals surface area contributed by atoms with E-state index in [0.29, 0.717) is 5.69 Å². The summed E-state index contributed by atoms with van der Waals surface area (Å²) >= 11 is 6.26. The van der Waals surface area contributed by atoms with E-state index >= 15 is 0 Å². The van der Waals surface area contributed by atoms with E-state index in [4.69, 9.17) is 11.6 Å². The minimum Gasteiger partial charge on any atom is -0.368 e. The fourth-order valence-electron chi connectivity index (χ4n) is 3.04. The van der Waals surface area contributed by atoms with Crippen LogP contribution in [0.1, 0.15) is 6.92 Å². The van der Waals surface area contributed by atoms with Crippen LogP contribution in [0.25, 0.3) is 0 Å². The molecule has 132 valence electrons. The number of rotatable bonds is 4. The van der Waals surface area contributed by atoms with Gasteiger partial charge in [0.2, 0.25) is 5.91 Å². The summed E-state index contributed by atoms with van der Waals surface area (Å²) in [4.78, 5) is 16.8. The molecule has 25 heavy (non-hydrogen) atoms. The van der Waals surface area contributed by atoms with Gasteiger partial charge in [-0.05, 0) is 37.3 Å². The lowest BCUT2D eigenvalue weighted by molar-refractivity contribution is -0.120. The summed E-state index contributed by atoms with van der Waals surface area (Å²) in [7, 11) is 0. The smallest absolute Gasteiger partial charge is 0.241 e. The molecule has 0 bridgehead atoms. The first-order chi connectivity index (χ1) is 12.0. The average molecular weight is 362 g/mol. The van der Waals surface area contributed by atoms with Gasteiger partial charge in [-0.15, -0.1) is 0 Å². The molecule has 1 N–H and O–H groups in total. The normalized spacial score (nSPS) is 16.5. The van der Waals surface area contributed by atoms with E-state index < -0.39 is 0 Å². The van der Waals surface area contributed by atoms with Crippen molar-refractivity contribution in [3.05, 3.63) is 59.4 Å². The van der Waals surface area contributed by atoms with Gasteiger partial charge in [-0.2, -0.15) is 0 Å². The number of hydrogen-bond donors (Lipinski definition) is 1. The summed E-state index contributed by atoms with van der Waals surface area (Å²) in [5, 5.41) is 3.52. The molecule has 1 amide bonds. The molecule has 4 nitrogen and oxygen atoms in total. The molecule has 6 heteroatoms. The third-order valence-corrected chi connectivity index (χ3v) is 4.85. The van der Waals surface area contributed by atoms with Crippen molar-refractivity contribution >= 4 is 28.9 Å². The number of carbonyl (C=O) groups excluding carboxylic acids is 1. The number of anilines is 2. The molecule has 0 radical (unpaired) electrons. The third kappa shape index (κ3) is 4.30. The Balaban J connectivity index is 1.57. The number of halogens is 2. The van der Waals surface area contributed by atoms with Gasteiger partial charge in [0.05, 0.1) is 16.8 Å². The van der Waals surface area contributed by atoms with Gasteiger partial charge in [-0.25, -0.2) is 4.39 Å².